The molecule has 3 atom stereocenters. The number of carbonyl (C=O) groups excluding carboxylic acids is 1. The van der Waals surface area contributed by atoms with E-state index in [-0.39, 0.29) is 18.1 Å². The van der Waals surface area contributed by atoms with Crippen molar-refractivity contribution in [3.05, 3.63) is 59.9 Å². The number of aromatic nitrogens is 3. The maximum Gasteiger partial charge on any atom is 0.273 e. The smallest absolute Gasteiger partial charge is 0.273 e. The van der Waals surface area contributed by atoms with E-state index in [1.54, 1.807) is 12.4 Å². The Labute approximate surface area is 175 Å². The van der Waals surface area contributed by atoms with Gasteiger partial charge in [-0.1, -0.05) is 6.07 Å². The second-order valence-corrected chi connectivity index (χ2v) is 8.22. The highest BCUT2D eigenvalue weighted by Gasteiger charge is 2.45. The van der Waals surface area contributed by atoms with Gasteiger partial charge in [-0.25, -0.2) is 15.0 Å². The molecule has 2 bridgehead atoms. The molecule has 2 aliphatic heterocycles. The fraction of sp³-hybridized carbons (Fsp3) is 0.391. The minimum Gasteiger partial charge on any atom is -0.472 e. The largest absolute Gasteiger partial charge is 0.472 e. The van der Waals surface area contributed by atoms with Crippen LogP contribution in [-0.4, -0.2) is 44.4 Å². The van der Waals surface area contributed by atoms with Crippen LogP contribution in [-0.2, 0) is 0 Å². The molecule has 5 heterocycles. The van der Waals surface area contributed by atoms with Crippen LogP contribution in [0.5, 0.6) is 5.88 Å². The number of amides is 1. The van der Waals surface area contributed by atoms with Crippen LogP contribution < -0.4 is 4.74 Å². The van der Waals surface area contributed by atoms with Gasteiger partial charge in [0, 0.05) is 24.5 Å². The first kappa shape index (κ1) is 18.8. The number of oxazole rings is 1. The van der Waals surface area contributed by atoms with Crippen LogP contribution in [0.2, 0.25) is 0 Å². The molecule has 3 aromatic heterocycles. The Hall–Kier alpha value is -3.22. The predicted octanol–water partition coefficient (Wildman–Crippen LogP) is 3.82. The summed E-state index contributed by atoms with van der Waals surface area (Å²) in [7, 11) is 0. The number of fused-ring (bicyclic) bond motifs is 3. The number of hydrogen-bond acceptors (Lipinski definition) is 6. The number of piperidine rings is 2. The third kappa shape index (κ3) is 3.44. The Kier molecular flexibility index (Phi) is 4.73. The quantitative estimate of drug-likeness (QED) is 0.658. The van der Waals surface area contributed by atoms with Gasteiger partial charge in [0.25, 0.3) is 5.91 Å². The topological polar surface area (TPSA) is 81.4 Å². The zero-order chi connectivity index (χ0) is 20.7. The molecule has 6 rings (SSSR count). The highest BCUT2D eigenvalue weighted by molar-refractivity contribution is 5.98. The molecule has 154 valence electrons. The molecule has 3 aliphatic rings. The molecule has 2 saturated heterocycles. The summed E-state index contributed by atoms with van der Waals surface area (Å²) >= 11 is 0. The van der Waals surface area contributed by atoms with E-state index in [0.717, 1.165) is 37.1 Å². The molecule has 30 heavy (non-hydrogen) atoms. The van der Waals surface area contributed by atoms with Crippen LogP contribution >= 0.6 is 0 Å². The van der Waals surface area contributed by atoms with E-state index in [2.05, 4.69) is 15.0 Å². The van der Waals surface area contributed by atoms with Crippen molar-refractivity contribution >= 4 is 5.91 Å². The standard InChI is InChI=1S/C23H24N4O3/c1-14-3-8-20(25-12-14)30-19-11-16-5-7-18(19)27(13-16)23(28)21-17(6-4-15(2)26-21)22-24-9-10-29-22/h3-4,6,8-10,12,16,18-19H,5,7,11,13H2,1-2H3. The summed E-state index contributed by atoms with van der Waals surface area (Å²) in [6.45, 7) is 4.61. The van der Waals surface area contributed by atoms with E-state index in [1.807, 2.05) is 43.0 Å². The van der Waals surface area contributed by atoms with Gasteiger partial charge in [-0.05, 0) is 56.7 Å². The van der Waals surface area contributed by atoms with Crippen LogP contribution in [0.4, 0.5) is 0 Å². The summed E-state index contributed by atoms with van der Waals surface area (Å²) in [5.74, 6) is 1.35. The lowest BCUT2D eigenvalue weighted by Gasteiger charge is -2.49. The lowest BCUT2D eigenvalue weighted by atomic mass is 9.77. The Balaban J connectivity index is 1.44. The van der Waals surface area contributed by atoms with Crippen molar-refractivity contribution in [2.24, 2.45) is 5.92 Å². The van der Waals surface area contributed by atoms with Gasteiger partial charge >= 0.3 is 0 Å². The van der Waals surface area contributed by atoms with Crippen LogP contribution in [0, 0.1) is 19.8 Å². The van der Waals surface area contributed by atoms with E-state index < -0.39 is 0 Å². The first-order chi connectivity index (χ1) is 14.6. The summed E-state index contributed by atoms with van der Waals surface area (Å²) < 4.78 is 11.7. The lowest BCUT2D eigenvalue weighted by Crippen LogP contribution is -2.59. The molecule has 3 fully saturated rings. The molecule has 0 radical (unpaired) electrons. The second kappa shape index (κ2) is 7.55. The number of nitrogens with zero attached hydrogens (tertiary/aromatic N) is 4. The number of carbonyl (C=O) groups is 1. The van der Waals surface area contributed by atoms with Crippen LogP contribution in [0.25, 0.3) is 11.5 Å². The minimum atomic E-state index is -0.0910. The molecule has 7 heteroatoms. The maximum atomic E-state index is 13.6. The van der Waals surface area contributed by atoms with Crippen LogP contribution in [0.3, 0.4) is 0 Å². The Morgan fingerprint density at radius 1 is 1.17 bits per heavy atom. The third-order valence-electron chi connectivity index (χ3n) is 6.04. The van der Waals surface area contributed by atoms with E-state index in [9.17, 15) is 4.79 Å². The molecule has 1 amide bonds. The summed E-state index contributed by atoms with van der Waals surface area (Å²) in [6, 6.07) is 7.62. The van der Waals surface area contributed by atoms with Crippen molar-refractivity contribution in [1.29, 1.82) is 0 Å². The Morgan fingerprint density at radius 3 is 2.80 bits per heavy atom. The van der Waals surface area contributed by atoms with Crippen molar-refractivity contribution in [1.82, 2.24) is 19.9 Å². The Morgan fingerprint density at radius 2 is 2.07 bits per heavy atom. The van der Waals surface area contributed by atoms with Gasteiger partial charge < -0.3 is 14.1 Å². The average Bonchev–Trinajstić information content (AvgIpc) is 3.30. The third-order valence-corrected chi connectivity index (χ3v) is 6.04. The molecule has 7 nitrogen and oxygen atoms in total. The molecule has 0 spiro atoms. The summed E-state index contributed by atoms with van der Waals surface area (Å²) in [6.07, 6.45) is 7.80. The maximum absolute atomic E-state index is 13.6. The number of pyridine rings is 2. The summed E-state index contributed by atoms with van der Waals surface area (Å²) in [4.78, 5) is 28.7. The first-order valence-electron chi connectivity index (χ1n) is 10.4. The van der Waals surface area contributed by atoms with Gasteiger partial charge in [-0.15, -0.1) is 0 Å². The number of rotatable bonds is 4. The van der Waals surface area contributed by atoms with Crippen molar-refractivity contribution in [3.8, 4) is 17.3 Å². The van der Waals surface area contributed by atoms with Crippen molar-refractivity contribution in [2.45, 2.75) is 45.3 Å². The molecule has 0 aromatic carbocycles. The highest BCUT2D eigenvalue weighted by atomic mass is 16.5. The highest BCUT2D eigenvalue weighted by Crippen LogP contribution is 2.38. The summed E-state index contributed by atoms with van der Waals surface area (Å²) in [5.41, 5.74) is 2.88. The van der Waals surface area contributed by atoms with Gasteiger partial charge in [0.05, 0.1) is 17.8 Å². The van der Waals surface area contributed by atoms with Crippen molar-refractivity contribution in [2.75, 3.05) is 6.54 Å². The van der Waals surface area contributed by atoms with E-state index in [0.29, 0.717) is 28.9 Å². The first-order valence-corrected chi connectivity index (χ1v) is 10.4. The van der Waals surface area contributed by atoms with E-state index in [4.69, 9.17) is 9.15 Å². The van der Waals surface area contributed by atoms with Crippen LogP contribution in [0.15, 0.2) is 47.3 Å². The lowest BCUT2D eigenvalue weighted by molar-refractivity contribution is -0.0315. The van der Waals surface area contributed by atoms with Crippen molar-refractivity contribution < 1.29 is 13.9 Å². The minimum absolute atomic E-state index is 0.00493. The molecule has 0 N–H and O–H groups in total. The van der Waals surface area contributed by atoms with Crippen LogP contribution in [0.1, 0.15) is 41.0 Å². The van der Waals surface area contributed by atoms with Crippen molar-refractivity contribution in [3.63, 3.8) is 0 Å². The monoisotopic (exact) mass is 404 g/mol. The zero-order valence-electron chi connectivity index (χ0n) is 17.1. The van der Waals surface area contributed by atoms with Gasteiger partial charge in [-0.2, -0.15) is 0 Å². The SMILES string of the molecule is Cc1ccc(OC2CC3CCC2N(C(=O)c2nc(C)ccc2-c2ncco2)C3)nc1. The Bertz CT molecular complexity index is 1050. The number of hydrogen-bond donors (Lipinski definition) is 0. The van der Waals surface area contributed by atoms with Gasteiger partial charge in [0.15, 0.2) is 0 Å². The molecular formula is C23H24N4O3. The fourth-order valence-electron chi connectivity index (χ4n) is 4.56. The van der Waals surface area contributed by atoms with E-state index in [1.165, 1.54) is 6.26 Å². The van der Waals surface area contributed by atoms with Gasteiger partial charge in [0.2, 0.25) is 11.8 Å². The average molecular weight is 404 g/mol. The molecule has 1 aliphatic carbocycles. The number of aryl methyl sites for hydroxylation is 2. The summed E-state index contributed by atoms with van der Waals surface area (Å²) in [5, 5.41) is 0. The predicted molar refractivity (Wildman–Crippen MR) is 110 cm³/mol. The molecule has 3 unspecified atom stereocenters. The molecular weight excluding hydrogens is 380 g/mol. The molecule has 1 saturated carbocycles. The molecule has 3 aromatic rings. The second-order valence-electron chi connectivity index (χ2n) is 8.22. The van der Waals surface area contributed by atoms with Gasteiger partial charge in [0.1, 0.15) is 18.1 Å². The number of ether oxygens (including phenoxy) is 1. The zero-order valence-corrected chi connectivity index (χ0v) is 17.1. The fourth-order valence-corrected chi connectivity index (χ4v) is 4.56. The van der Waals surface area contributed by atoms with E-state index >= 15 is 0 Å². The normalized spacial score (nSPS) is 22.9. The van der Waals surface area contributed by atoms with Gasteiger partial charge in [-0.3, -0.25) is 4.79 Å².